The minimum atomic E-state index is -5.00. The zero-order valence-corrected chi connectivity index (χ0v) is 30.0. The Balaban J connectivity index is 0.000000192. The predicted molar refractivity (Wildman–Crippen MR) is 189 cm³/mol. The third kappa shape index (κ3) is 7.81. The number of nitrogens with one attached hydrogen (secondary N) is 1. The number of anilines is 2. The number of hydrogen-bond donors (Lipinski definition) is 2. The number of alkyl halides is 4. The molecule has 2 unspecified atom stereocenters. The highest BCUT2D eigenvalue weighted by Crippen LogP contribution is 2.47. The number of nitrogens with zero attached hydrogens (tertiary/aromatic N) is 5. The summed E-state index contributed by atoms with van der Waals surface area (Å²) in [6.45, 7) is 7.07. The lowest BCUT2D eigenvalue weighted by Crippen LogP contribution is -2.43. The Morgan fingerprint density at radius 1 is 1.17 bits per heavy atom. The number of halogens is 6. The van der Waals surface area contributed by atoms with E-state index in [0.717, 1.165) is 44.3 Å². The summed E-state index contributed by atoms with van der Waals surface area (Å²) in [4.78, 5) is 23.6. The van der Waals surface area contributed by atoms with Gasteiger partial charge in [-0.2, -0.15) is 28.4 Å². The van der Waals surface area contributed by atoms with E-state index >= 15 is 4.39 Å². The molecule has 2 aromatic heterocycles. The van der Waals surface area contributed by atoms with Crippen molar-refractivity contribution in [3.05, 3.63) is 41.0 Å². The number of methoxy groups -OCH3 is 1. The van der Waals surface area contributed by atoms with E-state index in [4.69, 9.17) is 15.2 Å². The molecule has 53 heavy (non-hydrogen) atoms. The number of likely N-dealkylation sites (tertiary alicyclic amines) is 1. The Kier molecular flexibility index (Phi) is 11.5. The molecule has 2 atom stereocenters. The second kappa shape index (κ2) is 15.9. The van der Waals surface area contributed by atoms with Crippen LogP contribution in [0.3, 0.4) is 0 Å². The van der Waals surface area contributed by atoms with Gasteiger partial charge >= 0.3 is 12.2 Å². The molecular formula is C36H39F6N7O3S. The SMILES string of the molecule is CCNc1nc(OC)nc2c(F)c(-c3ccc(F)c4sc(N)c(C#N)c34)c(C(F)(F)F)cc12.FC1CC2CCCN2C1.O=C(C1COC1)N1CCCC1. The van der Waals surface area contributed by atoms with Gasteiger partial charge in [-0.1, -0.05) is 6.07 Å². The van der Waals surface area contributed by atoms with Crippen LogP contribution in [0.1, 0.15) is 50.2 Å². The van der Waals surface area contributed by atoms with Crippen LogP contribution in [0.25, 0.3) is 32.1 Å². The molecule has 0 aliphatic carbocycles. The molecule has 4 fully saturated rings. The first kappa shape index (κ1) is 38.3. The van der Waals surface area contributed by atoms with Crippen LogP contribution < -0.4 is 15.8 Å². The van der Waals surface area contributed by atoms with Gasteiger partial charge in [0.1, 0.15) is 34.4 Å². The van der Waals surface area contributed by atoms with Crippen molar-refractivity contribution in [1.82, 2.24) is 19.8 Å². The molecule has 4 aliphatic rings. The van der Waals surface area contributed by atoms with Gasteiger partial charge in [-0.3, -0.25) is 9.69 Å². The zero-order chi connectivity index (χ0) is 38.0. The Morgan fingerprint density at radius 2 is 1.91 bits per heavy atom. The van der Waals surface area contributed by atoms with E-state index < -0.39 is 40.6 Å². The van der Waals surface area contributed by atoms with Crippen molar-refractivity contribution in [1.29, 1.82) is 5.26 Å². The summed E-state index contributed by atoms with van der Waals surface area (Å²) >= 11 is 0.698. The van der Waals surface area contributed by atoms with Gasteiger partial charge in [0.05, 0.1) is 42.1 Å². The lowest BCUT2D eigenvalue weighted by Gasteiger charge is -2.28. The van der Waals surface area contributed by atoms with Crippen LogP contribution >= 0.6 is 11.3 Å². The summed E-state index contributed by atoms with van der Waals surface area (Å²) in [5.74, 6) is -1.65. The molecule has 4 aliphatic heterocycles. The lowest BCUT2D eigenvalue weighted by atomic mass is 9.92. The normalized spacial score (nSPS) is 19.9. The Hall–Kier alpha value is -4.40. The smallest absolute Gasteiger partial charge is 0.417 e. The van der Waals surface area contributed by atoms with Gasteiger partial charge in [-0.05, 0) is 63.3 Å². The summed E-state index contributed by atoms with van der Waals surface area (Å²) in [6, 6.07) is 4.75. The van der Waals surface area contributed by atoms with E-state index in [2.05, 4.69) is 20.2 Å². The van der Waals surface area contributed by atoms with Crippen LogP contribution in [0.5, 0.6) is 6.01 Å². The topological polar surface area (TPSA) is 130 Å². The molecule has 6 heterocycles. The Bertz CT molecular complexity index is 2020. The largest absolute Gasteiger partial charge is 0.467 e. The van der Waals surface area contributed by atoms with Crippen LogP contribution in [0.15, 0.2) is 18.2 Å². The van der Waals surface area contributed by atoms with Crippen molar-refractivity contribution in [2.75, 3.05) is 64.1 Å². The van der Waals surface area contributed by atoms with Crippen molar-refractivity contribution in [3.63, 3.8) is 0 Å². The second-order valence-electron chi connectivity index (χ2n) is 13.2. The van der Waals surface area contributed by atoms with E-state index in [0.29, 0.717) is 43.0 Å². The summed E-state index contributed by atoms with van der Waals surface area (Å²) in [5.41, 5.74) is 2.59. The molecule has 17 heteroatoms. The highest BCUT2D eigenvalue weighted by atomic mass is 32.1. The molecule has 8 rings (SSSR count). The number of carbonyl (C=O) groups excluding carboxylic acids is 1. The van der Waals surface area contributed by atoms with Crippen molar-refractivity contribution in [2.24, 2.45) is 5.92 Å². The number of ether oxygens (including phenoxy) is 2. The Labute approximate surface area is 305 Å². The standard InChI is InChI=1S/C21H14F5N5OS.C8H13NO2.C7H12FN/c1-3-29-19-9-6-11(21(24,25)26)14(15(23)16(9)30-20(31-19)32-2)8-4-5-12(22)17-13(8)10(7-27)18(28)33-17;10-8(7-5-11-6-7)9-3-1-2-4-9;8-6-4-7-2-1-3-9(7)5-6/h4-6H,3,28H2,1-2H3,(H,29,30,31);7H,1-6H2;6-7H,1-5H2. The van der Waals surface area contributed by atoms with E-state index in [9.17, 15) is 32.0 Å². The fraction of sp³-hybridized carbons (Fsp3) is 0.500. The number of amides is 1. The first-order valence-corrected chi connectivity index (χ1v) is 18.2. The Morgan fingerprint density at radius 3 is 2.51 bits per heavy atom. The fourth-order valence-electron chi connectivity index (χ4n) is 7.20. The molecule has 4 saturated heterocycles. The minimum absolute atomic E-state index is 0.0444. The number of thiophene rings is 1. The molecule has 1 amide bonds. The number of aromatic nitrogens is 2. The molecule has 0 bridgehead atoms. The van der Waals surface area contributed by atoms with Gasteiger partial charge in [-0.15, -0.1) is 11.3 Å². The quantitative estimate of drug-likeness (QED) is 0.204. The number of nitrogen functional groups attached to an aromatic ring is 1. The minimum Gasteiger partial charge on any atom is -0.467 e. The second-order valence-corrected chi connectivity index (χ2v) is 14.3. The number of nitrogens with two attached hydrogens (primary N) is 1. The number of rotatable bonds is 5. The van der Waals surface area contributed by atoms with Crippen molar-refractivity contribution in [2.45, 2.75) is 57.4 Å². The van der Waals surface area contributed by atoms with Gasteiger partial charge in [-0.25, -0.2) is 13.2 Å². The number of hydrogen-bond acceptors (Lipinski definition) is 10. The molecule has 0 radical (unpaired) electrons. The van der Waals surface area contributed by atoms with E-state index in [1.165, 1.54) is 32.8 Å². The zero-order valence-electron chi connectivity index (χ0n) is 29.2. The van der Waals surface area contributed by atoms with Gasteiger partial charge in [0, 0.05) is 48.6 Å². The van der Waals surface area contributed by atoms with Crippen LogP contribution in [-0.2, 0) is 15.7 Å². The average Bonchev–Trinajstić information content (AvgIpc) is 3.90. The fourth-order valence-corrected chi connectivity index (χ4v) is 8.15. The first-order chi connectivity index (χ1) is 25.4. The summed E-state index contributed by atoms with van der Waals surface area (Å²) in [5, 5.41) is 11.8. The predicted octanol–water partition coefficient (Wildman–Crippen LogP) is 7.15. The summed E-state index contributed by atoms with van der Waals surface area (Å²) < 4.78 is 95.2. The number of fused-ring (bicyclic) bond motifs is 3. The van der Waals surface area contributed by atoms with Crippen LogP contribution in [0.4, 0.5) is 37.2 Å². The monoisotopic (exact) mass is 763 g/mol. The molecule has 10 nitrogen and oxygen atoms in total. The number of carbonyl (C=O) groups is 1. The number of benzene rings is 2. The van der Waals surface area contributed by atoms with Gasteiger partial charge in [0.15, 0.2) is 5.82 Å². The average molecular weight is 764 g/mol. The lowest BCUT2D eigenvalue weighted by molar-refractivity contribution is -0.148. The highest BCUT2D eigenvalue weighted by molar-refractivity contribution is 7.23. The van der Waals surface area contributed by atoms with Crippen LogP contribution in [-0.4, -0.2) is 90.9 Å². The van der Waals surface area contributed by atoms with Gasteiger partial charge < -0.3 is 25.4 Å². The highest BCUT2D eigenvalue weighted by Gasteiger charge is 2.38. The number of nitriles is 1. The molecule has 4 aromatic rings. The van der Waals surface area contributed by atoms with Crippen molar-refractivity contribution < 1.29 is 40.6 Å². The van der Waals surface area contributed by atoms with Gasteiger partial charge in [0.2, 0.25) is 5.91 Å². The van der Waals surface area contributed by atoms with Gasteiger partial charge in [0.25, 0.3) is 0 Å². The summed E-state index contributed by atoms with van der Waals surface area (Å²) in [7, 11) is 1.23. The third-order valence-electron chi connectivity index (χ3n) is 9.81. The molecule has 284 valence electrons. The molecule has 0 saturated carbocycles. The van der Waals surface area contributed by atoms with Crippen LogP contribution in [0.2, 0.25) is 0 Å². The molecular weight excluding hydrogens is 724 g/mol. The van der Waals surface area contributed by atoms with Crippen LogP contribution in [0, 0.1) is 28.9 Å². The third-order valence-corrected chi connectivity index (χ3v) is 10.8. The molecule has 0 spiro atoms. The maximum absolute atomic E-state index is 15.9. The van der Waals surface area contributed by atoms with E-state index in [1.807, 2.05) is 4.90 Å². The molecule has 2 aromatic carbocycles. The maximum Gasteiger partial charge on any atom is 0.417 e. The first-order valence-electron chi connectivity index (χ1n) is 17.4. The maximum atomic E-state index is 15.9. The van der Waals surface area contributed by atoms with E-state index in [-0.39, 0.29) is 55.9 Å². The summed E-state index contributed by atoms with van der Waals surface area (Å²) in [6.07, 6.45) is 0.176. The molecule has 3 N–H and O–H groups in total. The van der Waals surface area contributed by atoms with Crippen molar-refractivity contribution >= 4 is 49.1 Å². The van der Waals surface area contributed by atoms with E-state index in [1.54, 1.807) is 13.0 Å². The van der Waals surface area contributed by atoms with Crippen molar-refractivity contribution in [3.8, 4) is 23.2 Å².